The van der Waals surface area contributed by atoms with E-state index >= 15 is 0 Å². The summed E-state index contributed by atoms with van der Waals surface area (Å²) in [5, 5.41) is 12.8. The number of nitrogens with zero attached hydrogens (tertiary/aromatic N) is 3. The van der Waals surface area contributed by atoms with E-state index in [1.165, 1.54) is 23.5 Å². The van der Waals surface area contributed by atoms with Gasteiger partial charge in [-0.25, -0.2) is 9.98 Å². The molecule has 17 heavy (non-hydrogen) atoms. The summed E-state index contributed by atoms with van der Waals surface area (Å²) in [5.74, 6) is 0.129. The lowest BCUT2D eigenvalue weighted by Gasteiger charge is -1.82. The third-order valence-electron chi connectivity index (χ3n) is 1.74. The molecule has 0 aliphatic rings. The highest BCUT2D eigenvalue weighted by Gasteiger charge is 2.09. The SMILES string of the molecule is O=[N+]([O-])c1ccc(/C=C/C=N\c2nccs2)o1. The second-order valence-corrected chi connectivity index (χ2v) is 3.76. The lowest BCUT2D eigenvalue weighted by Crippen LogP contribution is -1.82. The molecule has 2 aromatic rings. The molecule has 6 nitrogen and oxygen atoms in total. The summed E-state index contributed by atoms with van der Waals surface area (Å²) >= 11 is 1.42. The van der Waals surface area contributed by atoms with E-state index in [0.717, 1.165) is 0 Å². The third kappa shape index (κ3) is 3.08. The minimum Gasteiger partial charge on any atom is -0.401 e. The normalized spacial score (nSPS) is 11.5. The Kier molecular flexibility index (Phi) is 3.41. The van der Waals surface area contributed by atoms with Crippen LogP contribution in [-0.4, -0.2) is 16.1 Å². The Labute approximate surface area is 100 Å². The zero-order valence-electron chi connectivity index (χ0n) is 8.52. The van der Waals surface area contributed by atoms with Crippen LogP contribution in [0.4, 0.5) is 11.0 Å². The zero-order chi connectivity index (χ0) is 12.1. The summed E-state index contributed by atoms with van der Waals surface area (Å²) < 4.78 is 4.92. The first-order valence-corrected chi connectivity index (χ1v) is 5.48. The average Bonchev–Trinajstić information content (AvgIpc) is 2.96. The minimum absolute atomic E-state index is 0.276. The Morgan fingerprint density at radius 1 is 1.53 bits per heavy atom. The molecule has 0 saturated carbocycles. The second kappa shape index (κ2) is 5.17. The van der Waals surface area contributed by atoms with Crippen LogP contribution < -0.4 is 0 Å². The molecule has 0 radical (unpaired) electrons. The van der Waals surface area contributed by atoms with Crippen LogP contribution in [-0.2, 0) is 0 Å². The van der Waals surface area contributed by atoms with Crippen LogP contribution in [0.2, 0.25) is 0 Å². The van der Waals surface area contributed by atoms with E-state index in [1.807, 2.05) is 5.38 Å². The van der Waals surface area contributed by atoms with Gasteiger partial charge < -0.3 is 4.42 Å². The van der Waals surface area contributed by atoms with E-state index in [-0.39, 0.29) is 5.88 Å². The predicted octanol–water partition coefficient (Wildman–Crippen LogP) is 3.06. The topological polar surface area (TPSA) is 81.5 Å². The maximum absolute atomic E-state index is 10.4. The fourth-order valence-electron chi connectivity index (χ4n) is 1.05. The van der Waals surface area contributed by atoms with Crippen molar-refractivity contribution in [2.24, 2.45) is 4.99 Å². The van der Waals surface area contributed by atoms with E-state index in [4.69, 9.17) is 4.42 Å². The Hall–Kier alpha value is -2.28. The number of aromatic nitrogens is 1. The van der Waals surface area contributed by atoms with Gasteiger partial charge in [0.15, 0.2) is 0 Å². The minimum atomic E-state index is -0.582. The van der Waals surface area contributed by atoms with Gasteiger partial charge in [0.1, 0.15) is 10.7 Å². The predicted molar refractivity (Wildman–Crippen MR) is 64.7 cm³/mol. The molecule has 0 N–H and O–H groups in total. The molecule has 0 spiro atoms. The summed E-state index contributed by atoms with van der Waals surface area (Å²) in [6.07, 6.45) is 6.43. The van der Waals surface area contributed by atoms with Crippen LogP contribution >= 0.6 is 11.3 Å². The Bertz CT molecular complexity index is 557. The largest absolute Gasteiger partial charge is 0.433 e. The molecule has 0 aromatic carbocycles. The molecule has 0 saturated heterocycles. The maximum Gasteiger partial charge on any atom is 0.433 e. The van der Waals surface area contributed by atoms with Gasteiger partial charge in [0.05, 0.1) is 6.07 Å². The van der Waals surface area contributed by atoms with Gasteiger partial charge in [0.25, 0.3) is 0 Å². The molecule has 0 aliphatic carbocycles. The molecule has 2 aromatic heterocycles. The third-order valence-corrected chi connectivity index (χ3v) is 2.42. The van der Waals surface area contributed by atoms with Crippen molar-refractivity contribution in [1.29, 1.82) is 0 Å². The van der Waals surface area contributed by atoms with Crippen molar-refractivity contribution >= 4 is 34.6 Å². The molecule has 0 fully saturated rings. The van der Waals surface area contributed by atoms with Gasteiger partial charge in [0, 0.05) is 17.8 Å². The van der Waals surface area contributed by atoms with Gasteiger partial charge in [-0.05, 0) is 18.2 Å². The average molecular weight is 249 g/mol. The van der Waals surface area contributed by atoms with Crippen LogP contribution in [0.1, 0.15) is 5.76 Å². The Morgan fingerprint density at radius 2 is 2.41 bits per heavy atom. The van der Waals surface area contributed by atoms with Crippen LogP contribution in [0.3, 0.4) is 0 Å². The molecule has 2 heterocycles. The van der Waals surface area contributed by atoms with Crippen LogP contribution in [0.25, 0.3) is 6.08 Å². The van der Waals surface area contributed by atoms with Gasteiger partial charge in [-0.15, -0.1) is 11.3 Å². The first-order chi connectivity index (χ1) is 8.25. The van der Waals surface area contributed by atoms with Crippen LogP contribution in [0.5, 0.6) is 0 Å². The number of furan rings is 1. The zero-order valence-corrected chi connectivity index (χ0v) is 9.33. The van der Waals surface area contributed by atoms with E-state index in [9.17, 15) is 10.1 Å². The Morgan fingerprint density at radius 3 is 3.06 bits per heavy atom. The first kappa shape index (κ1) is 11.2. The summed E-state index contributed by atoms with van der Waals surface area (Å²) in [6, 6.07) is 2.82. The van der Waals surface area contributed by atoms with Gasteiger partial charge in [-0.3, -0.25) is 10.1 Å². The summed E-state index contributed by atoms with van der Waals surface area (Å²) in [4.78, 5) is 17.8. The van der Waals surface area contributed by atoms with E-state index in [1.54, 1.807) is 24.6 Å². The lowest BCUT2D eigenvalue weighted by molar-refractivity contribution is -0.402. The fraction of sp³-hybridized carbons (Fsp3) is 0. The van der Waals surface area contributed by atoms with Gasteiger partial charge in [0.2, 0.25) is 5.13 Å². The molecule has 86 valence electrons. The van der Waals surface area contributed by atoms with Crippen molar-refractivity contribution < 1.29 is 9.34 Å². The second-order valence-electron chi connectivity index (χ2n) is 2.89. The molecule has 0 unspecified atom stereocenters. The van der Waals surface area contributed by atoms with Crippen molar-refractivity contribution in [3.8, 4) is 0 Å². The van der Waals surface area contributed by atoms with Crippen molar-refractivity contribution in [1.82, 2.24) is 4.98 Å². The lowest BCUT2D eigenvalue weighted by atomic mass is 10.4. The van der Waals surface area contributed by atoms with Crippen molar-refractivity contribution in [3.63, 3.8) is 0 Å². The van der Waals surface area contributed by atoms with Gasteiger partial charge in [-0.1, -0.05) is 0 Å². The fourth-order valence-corrected chi connectivity index (χ4v) is 1.54. The maximum atomic E-state index is 10.4. The van der Waals surface area contributed by atoms with Gasteiger partial charge >= 0.3 is 5.88 Å². The molecule has 0 aliphatic heterocycles. The molecular formula is C10H7N3O3S. The highest BCUT2D eigenvalue weighted by atomic mass is 32.1. The monoisotopic (exact) mass is 249 g/mol. The van der Waals surface area contributed by atoms with Crippen molar-refractivity contribution in [3.05, 3.63) is 45.7 Å². The Balaban J connectivity index is 1.98. The first-order valence-electron chi connectivity index (χ1n) is 4.60. The summed E-state index contributed by atoms with van der Waals surface area (Å²) in [5.41, 5.74) is 0. The molecule has 0 amide bonds. The van der Waals surface area contributed by atoms with E-state index in [0.29, 0.717) is 10.9 Å². The van der Waals surface area contributed by atoms with E-state index in [2.05, 4.69) is 9.98 Å². The number of rotatable bonds is 4. The molecule has 2 rings (SSSR count). The van der Waals surface area contributed by atoms with E-state index < -0.39 is 4.92 Å². The van der Waals surface area contributed by atoms with Crippen molar-refractivity contribution in [2.45, 2.75) is 0 Å². The number of nitro groups is 1. The number of hydrogen-bond donors (Lipinski definition) is 0. The molecular weight excluding hydrogens is 242 g/mol. The number of aliphatic imine (C=N–C) groups is 1. The molecule has 0 atom stereocenters. The molecule has 7 heteroatoms. The van der Waals surface area contributed by atoms with Crippen LogP contribution in [0.15, 0.2) is 39.2 Å². The molecule has 0 bridgehead atoms. The van der Waals surface area contributed by atoms with Crippen molar-refractivity contribution in [2.75, 3.05) is 0 Å². The summed E-state index contributed by atoms with van der Waals surface area (Å²) in [7, 11) is 0. The number of hydrogen-bond acceptors (Lipinski definition) is 6. The highest BCUT2D eigenvalue weighted by molar-refractivity contribution is 7.13. The smallest absolute Gasteiger partial charge is 0.401 e. The highest BCUT2D eigenvalue weighted by Crippen LogP contribution is 2.16. The van der Waals surface area contributed by atoms with Gasteiger partial charge in [-0.2, -0.15) is 0 Å². The quantitative estimate of drug-likeness (QED) is 0.473. The summed E-state index contributed by atoms with van der Waals surface area (Å²) in [6.45, 7) is 0. The number of allylic oxidation sites excluding steroid dienone is 1. The standard InChI is InChI=1S/C10H7N3O3S/c14-13(15)9-4-3-8(16-9)2-1-5-11-10-12-6-7-17-10/h1-7H/b2-1+,11-5-. The van der Waals surface area contributed by atoms with Crippen LogP contribution in [0, 0.1) is 10.1 Å². The number of thiazole rings is 1.